The fourth-order valence-electron chi connectivity index (χ4n) is 2.79. The molecule has 0 bridgehead atoms. The zero-order chi connectivity index (χ0) is 16.4. The molecule has 0 saturated carbocycles. The molecule has 0 aliphatic heterocycles. The SMILES string of the molecule is CCCCCn1cnc2sc(C)c(-c3ccc(Br)cc3)c2c1=O. The first-order valence-electron chi connectivity index (χ1n) is 7.86. The van der Waals surface area contributed by atoms with E-state index in [0.29, 0.717) is 0 Å². The average molecular weight is 391 g/mol. The summed E-state index contributed by atoms with van der Waals surface area (Å²) in [5.41, 5.74) is 2.18. The molecule has 0 unspecified atom stereocenters. The molecule has 0 spiro atoms. The van der Waals surface area contributed by atoms with Crippen molar-refractivity contribution in [3.63, 3.8) is 0 Å². The molecule has 3 aromatic rings. The fraction of sp³-hybridized carbons (Fsp3) is 0.333. The Labute approximate surface area is 148 Å². The Morgan fingerprint density at radius 2 is 1.96 bits per heavy atom. The third-order valence-corrected chi connectivity index (χ3v) is 5.53. The van der Waals surface area contributed by atoms with Crippen LogP contribution in [0.5, 0.6) is 0 Å². The normalized spacial score (nSPS) is 11.3. The van der Waals surface area contributed by atoms with Crippen molar-refractivity contribution in [1.29, 1.82) is 0 Å². The van der Waals surface area contributed by atoms with Crippen LogP contribution in [-0.2, 0) is 6.54 Å². The van der Waals surface area contributed by atoms with Gasteiger partial charge in [0.2, 0.25) is 0 Å². The van der Waals surface area contributed by atoms with Crippen molar-refractivity contribution in [2.75, 3.05) is 0 Å². The van der Waals surface area contributed by atoms with Crippen LogP contribution in [0.3, 0.4) is 0 Å². The van der Waals surface area contributed by atoms with Gasteiger partial charge in [-0.05, 0) is 31.0 Å². The summed E-state index contributed by atoms with van der Waals surface area (Å²) >= 11 is 5.06. The molecule has 0 saturated heterocycles. The quantitative estimate of drug-likeness (QED) is 0.547. The van der Waals surface area contributed by atoms with E-state index in [4.69, 9.17) is 0 Å². The van der Waals surface area contributed by atoms with E-state index in [2.05, 4.69) is 34.8 Å². The number of thiophene rings is 1. The summed E-state index contributed by atoms with van der Waals surface area (Å²) in [6.45, 7) is 4.97. The predicted octanol–water partition coefficient (Wildman–Crippen LogP) is 5.39. The molecule has 3 rings (SSSR count). The van der Waals surface area contributed by atoms with Crippen molar-refractivity contribution in [1.82, 2.24) is 9.55 Å². The predicted molar refractivity (Wildman–Crippen MR) is 101 cm³/mol. The molecular weight excluding hydrogens is 372 g/mol. The molecule has 2 aromatic heterocycles. The lowest BCUT2D eigenvalue weighted by molar-refractivity contribution is 0.584. The second-order valence-corrected chi connectivity index (χ2v) is 7.79. The van der Waals surface area contributed by atoms with Gasteiger partial charge in [0.05, 0.1) is 11.7 Å². The van der Waals surface area contributed by atoms with Gasteiger partial charge >= 0.3 is 0 Å². The van der Waals surface area contributed by atoms with Crippen molar-refractivity contribution < 1.29 is 0 Å². The van der Waals surface area contributed by atoms with Crippen LogP contribution in [0.4, 0.5) is 0 Å². The molecule has 23 heavy (non-hydrogen) atoms. The Kier molecular flexibility index (Phi) is 4.97. The lowest BCUT2D eigenvalue weighted by Crippen LogP contribution is -2.20. The van der Waals surface area contributed by atoms with E-state index in [0.717, 1.165) is 56.5 Å². The van der Waals surface area contributed by atoms with Crippen LogP contribution in [0.25, 0.3) is 21.3 Å². The number of rotatable bonds is 5. The van der Waals surface area contributed by atoms with Crippen LogP contribution in [0, 0.1) is 6.92 Å². The minimum absolute atomic E-state index is 0.0772. The molecule has 120 valence electrons. The Bertz CT molecular complexity index is 880. The highest BCUT2D eigenvalue weighted by Crippen LogP contribution is 2.35. The monoisotopic (exact) mass is 390 g/mol. The van der Waals surface area contributed by atoms with Gasteiger partial charge in [0.1, 0.15) is 4.83 Å². The van der Waals surface area contributed by atoms with Gasteiger partial charge in [0, 0.05) is 21.5 Å². The van der Waals surface area contributed by atoms with Crippen LogP contribution in [0.15, 0.2) is 39.9 Å². The number of fused-ring (bicyclic) bond motifs is 1. The van der Waals surface area contributed by atoms with E-state index < -0.39 is 0 Å². The molecule has 0 radical (unpaired) electrons. The number of aryl methyl sites for hydroxylation is 2. The molecule has 2 heterocycles. The number of nitrogens with zero attached hydrogens (tertiary/aromatic N) is 2. The molecule has 5 heteroatoms. The van der Waals surface area contributed by atoms with Crippen molar-refractivity contribution in [3.8, 4) is 11.1 Å². The molecule has 1 aromatic carbocycles. The minimum Gasteiger partial charge on any atom is -0.299 e. The molecule has 3 nitrogen and oxygen atoms in total. The Morgan fingerprint density at radius 3 is 2.65 bits per heavy atom. The first-order chi connectivity index (χ1) is 11.1. The number of halogens is 1. The van der Waals surface area contributed by atoms with Gasteiger partial charge in [0.25, 0.3) is 5.56 Å². The summed E-state index contributed by atoms with van der Waals surface area (Å²) in [7, 11) is 0. The summed E-state index contributed by atoms with van der Waals surface area (Å²) in [5.74, 6) is 0. The topological polar surface area (TPSA) is 34.9 Å². The van der Waals surface area contributed by atoms with Gasteiger partial charge in [0.15, 0.2) is 0 Å². The Balaban J connectivity index is 2.14. The number of benzene rings is 1. The second-order valence-electron chi connectivity index (χ2n) is 5.67. The Morgan fingerprint density at radius 1 is 1.22 bits per heavy atom. The smallest absolute Gasteiger partial charge is 0.262 e. The number of aromatic nitrogens is 2. The molecular formula is C18H19BrN2OS. The molecule has 0 N–H and O–H groups in total. The van der Waals surface area contributed by atoms with Crippen molar-refractivity contribution in [3.05, 3.63) is 50.3 Å². The second kappa shape index (κ2) is 6.97. The average Bonchev–Trinajstić information content (AvgIpc) is 2.88. The summed E-state index contributed by atoms with van der Waals surface area (Å²) in [4.78, 5) is 19.4. The van der Waals surface area contributed by atoms with E-state index in [-0.39, 0.29) is 5.56 Å². The number of unbranched alkanes of at least 4 members (excludes halogenated alkanes) is 2. The highest BCUT2D eigenvalue weighted by atomic mass is 79.9. The van der Waals surface area contributed by atoms with Gasteiger partial charge in [-0.15, -0.1) is 11.3 Å². The van der Waals surface area contributed by atoms with Crippen molar-refractivity contribution >= 4 is 37.5 Å². The molecule has 0 aliphatic carbocycles. The zero-order valence-electron chi connectivity index (χ0n) is 13.3. The Hall–Kier alpha value is -1.46. The third-order valence-electron chi connectivity index (χ3n) is 3.99. The van der Waals surface area contributed by atoms with E-state index in [1.807, 2.05) is 24.3 Å². The van der Waals surface area contributed by atoms with Gasteiger partial charge in [-0.1, -0.05) is 47.8 Å². The van der Waals surface area contributed by atoms with E-state index in [9.17, 15) is 4.79 Å². The maximum atomic E-state index is 12.9. The maximum Gasteiger partial charge on any atom is 0.262 e. The van der Waals surface area contributed by atoms with Crippen LogP contribution < -0.4 is 5.56 Å². The minimum atomic E-state index is 0.0772. The van der Waals surface area contributed by atoms with Crippen molar-refractivity contribution in [2.24, 2.45) is 0 Å². The van der Waals surface area contributed by atoms with Crippen LogP contribution in [-0.4, -0.2) is 9.55 Å². The van der Waals surface area contributed by atoms with Gasteiger partial charge in [-0.25, -0.2) is 4.98 Å². The fourth-order valence-corrected chi connectivity index (χ4v) is 4.06. The van der Waals surface area contributed by atoms with E-state index in [1.54, 1.807) is 22.2 Å². The third kappa shape index (κ3) is 3.26. The van der Waals surface area contributed by atoms with Gasteiger partial charge < -0.3 is 0 Å². The largest absolute Gasteiger partial charge is 0.299 e. The summed E-state index contributed by atoms with van der Waals surface area (Å²) < 4.78 is 2.79. The summed E-state index contributed by atoms with van der Waals surface area (Å²) in [6, 6.07) is 8.11. The molecule has 0 fully saturated rings. The lowest BCUT2D eigenvalue weighted by atomic mass is 10.0. The summed E-state index contributed by atoms with van der Waals surface area (Å²) in [5, 5.41) is 0.758. The van der Waals surface area contributed by atoms with Gasteiger partial charge in [-0.2, -0.15) is 0 Å². The first kappa shape index (κ1) is 16.4. The van der Waals surface area contributed by atoms with Gasteiger partial charge in [-0.3, -0.25) is 9.36 Å². The van der Waals surface area contributed by atoms with Crippen LogP contribution >= 0.6 is 27.3 Å². The van der Waals surface area contributed by atoms with E-state index >= 15 is 0 Å². The number of hydrogen-bond acceptors (Lipinski definition) is 3. The maximum absolute atomic E-state index is 12.9. The zero-order valence-corrected chi connectivity index (χ0v) is 15.7. The molecule has 0 atom stereocenters. The summed E-state index contributed by atoms with van der Waals surface area (Å²) in [6.07, 6.45) is 4.99. The van der Waals surface area contributed by atoms with Crippen LogP contribution in [0.2, 0.25) is 0 Å². The first-order valence-corrected chi connectivity index (χ1v) is 9.47. The van der Waals surface area contributed by atoms with E-state index in [1.165, 1.54) is 0 Å². The standard InChI is InChI=1S/C18H19BrN2OS/c1-3-4-5-10-21-11-20-17-16(18(21)22)15(12(2)23-17)13-6-8-14(19)9-7-13/h6-9,11H,3-5,10H2,1-2H3. The van der Waals surface area contributed by atoms with Crippen LogP contribution in [0.1, 0.15) is 31.1 Å². The highest BCUT2D eigenvalue weighted by Gasteiger charge is 2.16. The number of hydrogen-bond donors (Lipinski definition) is 0. The lowest BCUT2D eigenvalue weighted by Gasteiger charge is -2.06. The molecule has 0 aliphatic rings. The van der Waals surface area contributed by atoms with Crippen molar-refractivity contribution in [2.45, 2.75) is 39.7 Å². The molecule has 0 amide bonds. The highest BCUT2D eigenvalue weighted by molar-refractivity contribution is 9.10.